The highest BCUT2D eigenvalue weighted by Crippen LogP contribution is 2.29. The number of nitrogens with one attached hydrogen (secondary N) is 1. The number of carbonyl (C=O) groups excluding carboxylic acids is 2. The number of hydrogen-bond acceptors (Lipinski definition) is 4. The highest BCUT2D eigenvalue weighted by molar-refractivity contribution is 6.36. The van der Waals surface area contributed by atoms with Crippen LogP contribution in [0.2, 0.25) is 15.1 Å². The van der Waals surface area contributed by atoms with Gasteiger partial charge in [-0.2, -0.15) is 5.10 Å². The fraction of sp³-hybridized carbons (Fsp3) is 0. The van der Waals surface area contributed by atoms with Gasteiger partial charge in [-0.05, 0) is 53.2 Å². The van der Waals surface area contributed by atoms with E-state index in [1.807, 2.05) is 30.3 Å². The Morgan fingerprint density at radius 3 is 2.42 bits per heavy atom. The van der Waals surface area contributed by atoms with Crippen LogP contribution in [0.5, 0.6) is 5.75 Å². The number of hydrogen-bond donors (Lipinski definition) is 1. The Kier molecular flexibility index (Phi) is 6.94. The summed E-state index contributed by atoms with van der Waals surface area (Å²) in [6.07, 6.45) is 1.43. The standard InChI is InChI=1S/C25H15Cl3N2O3/c26-17-6-3-5-16(12-17)24(31)30-29-14-21-19-7-2-1-4-15(19)8-11-23(21)33-25(32)20-10-9-18(27)13-22(20)28/h1-14H,(H,30,31). The first-order valence-corrected chi connectivity index (χ1v) is 10.8. The molecule has 0 atom stereocenters. The van der Waals surface area contributed by atoms with Gasteiger partial charge >= 0.3 is 5.97 Å². The van der Waals surface area contributed by atoms with Crippen molar-refractivity contribution < 1.29 is 14.3 Å². The normalized spacial score (nSPS) is 11.0. The van der Waals surface area contributed by atoms with Crippen molar-refractivity contribution in [1.29, 1.82) is 0 Å². The minimum atomic E-state index is -0.649. The molecule has 0 aromatic heterocycles. The predicted octanol–water partition coefficient (Wildman–Crippen LogP) is 6.78. The molecule has 0 aliphatic carbocycles. The number of hydrazone groups is 1. The average molecular weight is 498 g/mol. The number of amides is 1. The third kappa shape index (κ3) is 5.34. The van der Waals surface area contributed by atoms with Gasteiger partial charge in [0.05, 0.1) is 16.8 Å². The van der Waals surface area contributed by atoms with Gasteiger partial charge < -0.3 is 4.74 Å². The number of halogens is 3. The number of nitrogens with zero attached hydrogens (tertiary/aromatic N) is 1. The molecular formula is C25H15Cl3N2O3. The summed E-state index contributed by atoms with van der Waals surface area (Å²) < 4.78 is 5.63. The molecule has 1 N–H and O–H groups in total. The number of carbonyl (C=O) groups is 2. The van der Waals surface area contributed by atoms with Gasteiger partial charge in [0.1, 0.15) is 5.75 Å². The monoisotopic (exact) mass is 496 g/mol. The van der Waals surface area contributed by atoms with Gasteiger partial charge in [0.25, 0.3) is 5.91 Å². The number of rotatable bonds is 5. The molecule has 0 unspecified atom stereocenters. The number of esters is 1. The lowest BCUT2D eigenvalue weighted by Gasteiger charge is -2.11. The van der Waals surface area contributed by atoms with Crippen molar-refractivity contribution in [3.05, 3.63) is 111 Å². The molecule has 33 heavy (non-hydrogen) atoms. The van der Waals surface area contributed by atoms with Crippen LogP contribution < -0.4 is 10.2 Å². The molecule has 4 aromatic rings. The largest absolute Gasteiger partial charge is 0.422 e. The zero-order valence-electron chi connectivity index (χ0n) is 16.9. The van der Waals surface area contributed by atoms with Crippen LogP contribution in [0, 0.1) is 0 Å². The lowest BCUT2D eigenvalue weighted by atomic mass is 10.0. The number of fused-ring (bicyclic) bond motifs is 1. The lowest BCUT2D eigenvalue weighted by molar-refractivity contribution is 0.0734. The molecule has 0 radical (unpaired) electrons. The minimum Gasteiger partial charge on any atom is -0.422 e. The molecule has 0 saturated carbocycles. The van der Waals surface area contributed by atoms with Crippen LogP contribution in [0.25, 0.3) is 10.8 Å². The maximum absolute atomic E-state index is 12.8. The second kappa shape index (κ2) is 10.0. The van der Waals surface area contributed by atoms with Crippen molar-refractivity contribution in [3.63, 3.8) is 0 Å². The molecule has 0 aliphatic rings. The first-order chi connectivity index (χ1) is 15.9. The molecule has 5 nitrogen and oxygen atoms in total. The maximum atomic E-state index is 12.8. The van der Waals surface area contributed by atoms with Crippen LogP contribution in [0.4, 0.5) is 0 Å². The predicted molar refractivity (Wildman–Crippen MR) is 132 cm³/mol. The van der Waals surface area contributed by atoms with Crippen LogP contribution in [0.1, 0.15) is 26.3 Å². The molecule has 4 rings (SSSR count). The van der Waals surface area contributed by atoms with E-state index in [9.17, 15) is 9.59 Å². The minimum absolute atomic E-state index is 0.173. The van der Waals surface area contributed by atoms with Gasteiger partial charge in [-0.3, -0.25) is 4.79 Å². The second-order valence-corrected chi connectivity index (χ2v) is 8.20. The summed E-state index contributed by atoms with van der Waals surface area (Å²) in [6.45, 7) is 0. The van der Waals surface area contributed by atoms with Crippen molar-refractivity contribution in [2.24, 2.45) is 5.10 Å². The Bertz CT molecular complexity index is 1400. The first-order valence-electron chi connectivity index (χ1n) is 9.70. The highest BCUT2D eigenvalue weighted by atomic mass is 35.5. The van der Waals surface area contributed by atoms with E-state index in [0.717, 1.165) is 10.8 Å². The van der Waals surface area contributed by atoms with E-state index >= 15 is 0 Å². The van der Waals surface area contributed by atoms with Crippen LogP contribution in [0.15, 0.2) is 84.0 Å². The van der Waals surface area contributed by atoms with Crippen LogP contribution in [-0.2, 0) is 0 Å². The number of benzene rings is 4. The summed E-state index contributed by atoms with van der Waals surface area (Å²) in [5.74, 6) is -0.824. The van der Waals surface area contributed by atoms with E-state index in [2.05, 4.69) is 10.5 Å². The van der Waals surface area contributed by atoms with Crippen molar-refractivity contribution >= 4 is 63.7 Å². The van der Waals surface area contributed by atoms with E-state index in [0.29, 0.717) is 21.2 Å². The fourth-order valence-corrected chi connectivity index (χ4v) is 3.83. The summed E-state index contributed by atoms with van der Waals surface area (Å²) in [5.41, 5.74) is 3.51. The zero-order valence-corrected chi connectivity index (χ0v) is 19.2. The summed E-state index contributed by atoms with van der Waals surface area (Å²) in [4.78, 5) is 25.1. The van der Waals surface area contributed by atoms with Crippen molar-refractivity contribution in [3.8, 4) is 5.75 Å². The number of ether oxygens (including phenoxy) is 1. The summed E-state index contributed by atoms with van der Waals surface area (Å²) in [5, 5.41) is 6.78. The molecule has 0 heterocycles. The summed E-state index contributed by atoms with van der Waals surface area (Å²) >= 11 is 18.0. The Morgan fingerprint density at radius 1 is 0.848 bits per heavy atom. The van der Waals surface area contributed by atoms with Gasteiger partial charge in [0.2, 0.25) is 0 Å². The molecule has 0 bridgehead atoms. The Hall–Kier alpha value is -3.38. The molecule has 4 aromatic carbocycles. The quantitative estimate of drug-likeness (QED) is 0.143. The first kappa shape index (κ1) is 22.8. The van der Waals surface area contributed by atoms with Gasteiger partial charge in [0, 0.05) is 21.2 Å². The van der Waals surface area contributed by atoms with Gasteiger partial charge in [0.15, 0.2) is 0 Å². The Morgan fingerprint density at radius 2 is 1.64 bits per heavy atom. The topological polar surface area (TPSA) is 67.8 Å². The van der Waals surface area contributed by atoms with E-state index in [1.54, 1.807) is 30.3 Å². The molecule has 8 heteroatoms. The Labute approximate surface area is 204 Å². The molecule has 164 valence electrons. The van der Waals surface area contributed by atoms with Crippen LogP contribution in [0.3, 0.4) is 0 Å². The highest BCUT2D eigenvalue weighted by Gasteiger charge is 2.16. The second-order valence-electron chi connectivity index (χ2n) is 6.92. The summed E-state index contributed by atoms with van der Waals surface area (Å²) in [6, 6.07) is 22.0. The van der Waals surface area contributed by atoms with E-state index < -0.39 is 11.9 Å². The SMILES string of the molecule is O=C(NN=Cc1c(OC(=O)c2ccc(Cl)cc2Cl)ccc2ccccc12)c1cccc(Cl)c1. The van der Waals surface area contributed by atoms with Crippen molar-refractivity contribution in [2.45, 2.75) is 0 Å². The fourth-order valence-electron chi connectivity index (χ4n) is 3.16. The van der Waals surface area contributed by atoms with Crippen molar-refractivity contribution in [1.82, 2.24) is 5.43 Å². The van der Waals surface area contributed by atoms with Crippen LogP contribution >= 0.6 is 34.8 Å². The molecule has 0 saturated heterocycles. The lowest BCUT2D eigenvalue weighted by Crippen LogP contribution is -2.17. The zero-order chi connectivity index (χ0) is 23.4. The Balaban J connectivity index is 1.64. The van der Waals surface area contributed by atoms with Gasteiger partial charge in [-0.25, -0.2) is 10.2 Å². The third-order valence-corrected chi connectivity index (χ3v) is 5.51. The van der Waals surface area contributed by atoms with E-state index in [4.69, 9.17) is 39.5 Å². The molecule has 0 aliphatic heterocycles. The molecular weight excluding hydrogens is 483 g/mol. The molecule has 1 amide bonds. The molecule has 0 fully saturated rings. The smallest absolute Gasteiger partial charge is 0.345 e. The average Bonchev–Trinajstić information content (AvgIpc) is 2.80. The van der Waals surface area contributed by atoms with E-state index in [1.165, 1.54) is 24.4 Å². The van der Waals surface area contributed by atoms with Crippen molar-refractivity contribution in [2.75, 3.05) is 0 Å². The van der Waals surface area contributed by atoms with E-state index in [-0.39, 0.29) is 16.3 Å². The maximum Gasteiger partial charge on any atom is 0.345 e. The van der Waals surface area contributed by atoms with Crippen LogP contribution in [-0.4, -0.2) is 18.1 Å². The molecule has 0 spiro atoms. The summed E-state index contributed by atoms with van der Waals surface area (Å²) in [7, 11) is 0. The third-order valence-electron chi connectivity index (χ3n) is 4.73. The van der Waals surface area contributed by atoms with Gasteiger partial charge in [-0.15, -0.1) is 0 Å². The van der Waals surface area contributed by atoms with Gasteiger partial charge in [-0.1, -0.05) is 71.2 Å².